The van der Waals surface area contributed by atoms with Gasteiger partial charge in [0.05, 0.1) is 29.8 Å². The van der Waals surface area contributed by atoms with Crippen LogP contribution in [0.15, 0.2) is 24.4 Å². The van der Waals surface area contributed by atoms with Gasteiger partial charge < -0.3 is 14.6 Å². The lowest BCUT2D eigenvalue weighted by Crippen LogP contribution is -2.58. The minimum atomic E-state index is -1.02. The number of rotatable bonds is 5. The molecule has 2 atom stereocenters. The number of ether oxygens (including phenoxy) is 2. The van der Waals surface area contributed by atoms with E-state index < -0.39 is 5.60 Å². The molecule has 2 aromatic rings. The predicted molar refractivity (Wildman–Crippen MR) is 112 cm³/mol. The summed E-state index contributed by atoms with van der Waals surface area (Å²) in [6.45, 7) is 2.22. The summed E-state index contributed by atoms with van der Waals surface area (Å²) in [4.78, 5) is 10.9. The van der Waals surface area contributed by atoms with Crippen molar-refractivity contribution in [3.05, 3.63) is 45.6 Å². The number of hydrogen-bond acceptors (Lipinski definition) is 6. The molecule has 2 fully saturated rings. The van der Waals surface area contributed by atoms with Gasteiger partial charge in [-0.1, -0.05) is 41.8 Å². The molecule has 8 heteroatoms. The number of fused-ring (bicyclic) bond motifs is 2. The smallest absolute Gasteiger partial charge is 0.319 e. The lowest BCUT2D eigenvalue weighted by molar-refractivity contribution is -0.149. The van der Waals surface area contributed by atoms with Crippen LogP contribution in [-0.4, -0.2) is 47.3 Å². The van der Waals surface area contributed by atoms with E-state index in [0.717, 1.165) is 37.9 Å². The fourth-order valence-electron chi connectivity index (χ4n) is 4.90. The molecule has 1 aromatic carbocycles. The van der Waals surface area contributed by atoms with Crippen molar-refractivity contribution >= 4 is 23.2 Å². The fourth-order valence-corrected chi connectivity index (χ4v) is 5.28. The molecule has 4 rings (SSSR count). The van der Waals surface area contributed by atoms with Crippen LogP contribution in [0.2, 0.25) is 10.0 Å². The van der Waals surface area contributed by atoms with E-state index in [9.17, 15) is 5.11 Å². The zero-order valence-corrected chi connectivity index (χ0v) is 18.1. The van der Waals surface area contributed by atoms with Crippen LogP contribution in [0.1, 0.15) is 30.4 Å². The van der Waals surface area contributed by atoms with E-state index in [1.54, 1.807) is 19.4 Å². The van der Waals surface area contributed by atoms with E-state index in [0.29, 0.717) is 28.0 Å². The van der Waals surface area contributed by atoms with Gasteiger partial charge in [0.1, 0.15) is 5.60 Å². The third kappa shape index (κ3) is 3.67. The molecule has 0 amide bonds. The normalized spacial score (nSPS) is 26.9. The number of halogens is 2. The number of aliphatic hydroxyl groups is 1. The highest BCUT2D eigenvalue weighted by atomic mass is 35.5. The number of piperidine rings is 1. The first-order valence-electron chi connectivity index (χ1n) is 9.80. The van der Waals surface area contributed by atoms with Crippen molar-refractivity contribution in [2.24, 2.45) is 11.8 Å². The minimum absolute atomic E-state index is 0.0545. The van der Waals surface area contributed by atoms with Gasteiger partial charge in [0.25, 0.3) is 0 Å². The number of methoxy groups -OCH3 is 2. The Kier molecular flexibility index (Phi) is 5.89. The number of aromatic nitrogens is 2. The van der Waals surface area contributed by atoms with Gasteiger partial charge in [0.15, 0.2) is 0 Å². The standard InChI is InChI=1S/C21H25Cl2N3O3/c1-28-19-16(9-24-20(25-19)29-2)21(27)14-6-4-7-15(21)12-26(11-14)10-13-5-3-8-17(22)18(13)23/h3,5,8-9,14-15,27H,4,6-7,10-12H2,1-2H3. The van der Waals surface area contributed by atoms with E-state index in [-0.39, 0.29) is 17.8 Å². The molecule has 1 aliphatic heterocycles. The Labute approximate surface area is 180 Å². The summed E-state index contributed by atoms with van der Waals surface area (Å²) >= 11 is 12.6. The topological polar surface area (TPSA) is 67.7 Å². The van der Waals surface area contributed by atoms with Crippen LogP contribution in [0, 0.1) is 11.8 Å². The Morgan fingerprint density at radius 2 is 1.90 bits per heavy atom. The van der Waals surface area contributed by atoms with E-state index in [1.165, 1.54) is 7.11 Å². The highest BCUT2D eigenvalue weighted by molar-refractivity contribution is 6.42. The second kappa shape index (κ2) is 8.26. The van der Waals surface area contributed by atoms with Crippen LogP contribution >= 0.6 is 23.2 Å². The number of benzene rings is 1. The van der Waals surface area contributed by atoms with Crippen LogP contribution in [0.3, 0.4) is 0 Å². The van der Waals surface area contributed by atoms with E-state index >= 15 is 0 Å². The Balaban J connectivity index is 1.63. The summed E-state index contributed by atoms with van der Waals surface area (Å²) in [7, 11) is 3.07. The first-order chi connectivity index (χ1) is 14.0. The molecule has 29 heavy (non-hydrogen) atoms. The highest BCUT2D eigenvalue weighted by Crippen LogP contribution is 2.51. The van der Waals surface area contributed by atoms with Gasteiger partial charge in [0, 0.05) is 37.7 Å². The summed E-state index contributed by atoms with van der Waals surface area (Å²) in [5.74, 6) is 0.486. The lowest BCUT2D eigenvalue weighted by atomic mass is 9.63. The maximum Gasteiger partial charge on any atom is 0.319 e. The van der Waals surface area contributed by atoms with Gasteiger partial charge in [-0.15, -0.1) is 0 Å². The molecule has 6 nitrogen and oxygen atoms in total. The number of nitrogens with zero attached hydrogens (tertiary/aromatic N) is 3. The molecule has 1 saturated carbocycles. The number of hydrogen-bond donors (Lipinski definition) is 1. The highest BCUT2D eigenvalue weighted by Gasteiger charge is 2.53. The van der Waals surface area contributed by atoms with Crippen LogP contribution < -0.4 is 9.47 Å². The monoisotopic (exact) mass is 437 g/mol. The molecule has 1 aliphatic carbocycles. The summed E-state index contributed by atoms with van der Waals surface area (Å²) < 4.78 is 10.6. The van der Waals surface area contributed by atoms with Crippen molar-refractivity contribution < 1.29 is 14.6 Å². The second-order valence-corrected chi connectivity index (χ2v) is 8.62. The molecule has 2 unspecified atom stereocenters. The summed E-state index contributed by atoms with van der Waals surface area (Å²) in [6, 6.07) is 5.95. The van der Waals surface area contributed by atoms with Gasteiger partial charge in [-0.3, -0.25) is 4.90 Å². The van der Waals surface area contributed by atoms with Gasteiger partial charge >= 0.3 is 6.01 Å². The molecule has 0 radical (unpaired) electrons. The molecule has 1 saturated heterocycles. The van der Waals surface area contributed by atoms with Crippen molar-refractivity contribution in [3.8, 4) is 11.9 Å². The molecule has 1 aromatic heterocycles. The predicted octanol–water partition coefficient (Wildman–Crippen LogP) is 3.92. The Morgan fingerprint density at radius 1 is 1.17 bits per heavy atom. The van der Waals surface area contributed by atoms with Crippen LogP contribution in [-0.2, 0) is 12.1 Å². The van der Waals surface area contributed by atoms with Crippen LogP contribution in [0.25, 0.3) is 0 Å². The molecule has 1 N–H and O–H groups in total. The first-order valence-corrected chi connectivity index (χ1v) is 10.6. The summed E-state index contributed by atoms with van der Waals surface area (Å²) in [6.07, 6.45) is 4.62. The van der Waals surface area contributed by atoms with E-state index in [1.807, 2.05) is 12.1 Å². The Bertz CT molecular complexity index is 881. The van der Waals surface area contributed by atoms with Crippen molar-refractivity contribution in [1.29, 1.82) is 0 Å². The average Bonchev–Trinajstić information content (AvgIpc) is 2.71. The van der Waals surface area contributed by atoms with Crippen molar-refractivity contribution in [2.45, 2.75) is 31.4 Å². The quantitative estimate of drug-likeness (QED) is 0.764. The lowest BCUT2D eigenvalue weighted by Gasteiger charge is -2.53. The molecule has 2 heterocycles. The third-order valence-electron chi connectivity index (χ3n) is 6.27. The Morgan fingerprint density at radius 3 is 2.55 bits per heavy atom. The largest absolute Gasteiger partial charge is 0.481 e. The maximum absolute atomic E-state index is 11.9. The molecular weight excluding hydrogens is 413 g/mol. The van der Waals surface area contributed by atoms with Gasteiger partial charge in [0.2, 0.25) is 5.88 Å². The molecule has 2 aliphatic rings. The summed E-state index contributed by atoms with van der Waals surface area (Å²) in [5, 5.41) is 13.1. The fraction of sp³-hybridized carbons (Fsp3) is 0.524. The second-order valence-electron chi connectivity index (χ2n) is 7.84. The first kappa shape index (κ1) is 20.7. The Hall–Kier alpha value is -1.60. The zero-order valence-electron chi connectivity index (χ0n) is 16.6. The van der Waals surface area contributed by atoms with Gasteiger partial charge in [-0.05, 0) is 24.5 Å². The van der Waals surface area contributed by atoms with Crippen molar-refractivity contribution in [3.63, 3.8) is 0 Å². The molecule has 156 valence electrons. The van der Waals surface area contributed by atoms with E-state index in [2.05, 4.69) is 14.9 Å². The molecular formula is C21H25Cl2N3O3. The van der Waals surface area contributed by atoms with Crippen LogP contribution in [0.4, 0.5) is 0 Å². The molecule has 2 bridgehead atoms. The van der Waals surface area contributed by atoms with Crippen molar-refractivity contribution in [2.75, 3.05) is 27.3 Å². The average molecular weight is 438 g/mol. The summed E-state index contributed by atoms with van der Waals surface area (Å²) in [5.41, 5.74) is 0.633. The van der Waals surface area contributed by atoms with Gasteiger partial charge in [-0.2, -0.15) is 4.98 Å². The third-order valence-corrected chi connectivity index (χ3v) is 7.13. The minimum Gasteiger partial charge on any atom is -0.481 e. The van der Waals surface area contributed by atoms with Crippen molar-refractivity contribution in [1.82, 2.24) is 14.9 Å². The van der Waals surface area contributed by atoms with Crippen LogP contribution in [0.5, 0.6) is 11.9 Å². The zero-order chi connectivity index (χ0) is 20.6. The SMILES string of the molecule is COc1ncc(C2(O)C3CCCC2CN(Cc2cccc(Cl)c2Cl)C3)c(OC)n1. The maximum atomic E-state index is 11.9. The molecule has 0 spiro atoms. The number of likely N-dealkylation sites (tertiary alicyclic amines) is 1. The van der Waals surface area contributed by atoms with Gasteiger partial charge in [-0.25, -0.2) is 4.98 Å². The van der Waals surface area contributed by atoms with E-state index in [4.69, 9.17) is 32.7 Å².